The zero-order valence-electron chi connectivity index (χ0n) is 18.8. The lowest BCUT2D eigenvalue weighted by molar-refractivity contribution is -0.123. The maximum atomic E-state index is 13.1. The number of thiazole rings is 1. The predicted octanol–water partition coefficient (Wildman–Crippen LogP) is 4.35. The summed E-state index contributed by atoms with van der Waals surface area (Å²) in [5, 5.41) is 6.50. The summed E-state index contributed by atoms with van der Waals surface area (Å²) in [7, 11) is 0. The van der Waals surface area contributed by atoms with Gasteiger partial charge in [-0.25, -0.2) is 9.37 Å². The van der Waals surface area contributed by atoms with E-state index in [0.717, 1.165) is 55.9 Å². The monoisotopic (exact) mass is 478 g/mol. The Morgan fingerprint density at radius 2 is 1.76 bits per heavy atom. The van der Waals surface area contributed by atoms with E-state index in [0.29, 0.717) is 10.7 Å². The van der Waals surface area contributed by atoms with Crippen LogP contribution in [0.5, 0.6) is 0 Å². The quantitative estimate of drug-likeness (QED) is 0.553. The van der Waals surface area contributed by atoms with Crippen LogP contribution in [0.3, 0.4) is 0 Å². The lowest BCUT2D eigenvalue weighted by atomic mass is 10.0. The Morgan fingerprint density at radius 1 is 1.03 bits per heavy atom. The number of fused-ring (bicyclic) bond motifs is 1. The van der Waals surface area contributed by atoms with Gasteiger partial charge in [-0.15, -0.1) is 11.3 Å². The van der Waals surface area contributed by atoms with Crippen molar-refractivity contribution in [1.29, 1.82) is 0 Å². The van der Waals surface area contributed by atoms with Gasteiger partial charge >= 0.3 is 0 Å². The number of anilines is 1. The summed E-state index contributed by atoms with van der Waals surface area (Å²) in [6.45, 7) is 2.87. The third-order valence-electron chi connectivity index (χ3n) is 6.54. The second-order valence-corrected chi connectivity index (χ2v) is 10.0. The van der Waals surface area contributed by atoms with Gasteiger partial charge in [-0.05, 0) is 55.5 Å². The van der Waals surface area contributed by atoms with Crippen LogP contribution in [0.4, 0.5) is 9.52 Å². The van der Waals surface area contributed by atoms with Crippen molar-refractivity contribution in [2.75, 3.05) is 18.4 Å². The summed E-state index contributed by atoms with van der Waals surface area (Å²) in [5.41, 5.74) is 2.46. The van der Waals surface area contributed by atoms with E-state index in [1.165, 1.54) is 41.2 Å². The van der Waals surface area contributed by atoms with Crippen LogP contribution < -0.4 is 10.6 Å². The molecule has 2 aliphatic rings. The van der Waals surface area contributed by atoms with E-state index in [2.05, 4.69) is 44.8 Å². The van der Waals surface area contributed by atoms with E-state index in [-0.39, 0.29) is 29.6 Å². The Bertz CT molecular complexity index is 1160. The van der Waals surface area contributed by atoms with Gasteiger partial charge < -0.3 is 5.32 Å². The molecule has 3 aromatic rings. The van der Waals surface area contributed by atoms with Crippen molar-refractivity contribution in [3.8, 4) is 0 Å². The van der Waals surface area contributed by atoms with Crippen LogP contribution in [-0.4, -0.2) is 40.8 Å². The molecule has 0 spiro atoms. The molecule has 2 N–H and O–H groups in total. The fourth-order valence-corrected chi connectivity index (χ4v) is 5.72. The Labute approximate surface area is 202 Å². The molecule has 1 fully saturated rings. The number of halogens is 1. The van der Waals surface area contributed by atoms with Crippen molar-refractivity contribution in [3.05, 3.63) is 82.1 Å². The minimum atomic E-state index is -0.388. The van der Waals surface area contributed by atoms with Gasteiger partial charge in [0.15, 0.2) is 5.13 Å². The average Bonchev–Trinajstić information content (AvgIpc) is 3.41. The summed E-state index contributed by atoms with van der Waals surface area (Å²) in [6.07, 6.45) is 3.41. The van der Waals surface area contributed by atoms with Gasteiger partial charge in [0.05, 0.1) is 11.6 Å². The fraction of sp³-hybridized carbons (Fsp3) is 0.346. The molecule has 6 nitrogen and oxygen atoms in total. The summed E-state index contributed by atoms with van der Waals surface area (Å²) in [4.78, 5) is 33.5. The van der Waals surface area contributed by atoms with E-state index in [1.54, 1.807) is 0 Å². The lowest BCUT2D eigenvalue weighted by Gasteiger charge is -2.32. The molecule has 1 aliphatic carbocycles. The van der Waals surface area contributed by atoms with Crippen LogP contribution in [-0.2, 0) is 17.8 Å². The molecule has 8 heteroatoms. The van der Waals surface area contributed by atoms with Gasteiger partial charge in [-0.1, -0.05) is 30.3 Å². The van der Waals surface area contributed by atoms with Crippen LogP contribution in [0.15, 0.2) is 54.6 Å². The van der Waals surface area contributed by atoms with Crippen LogP contribution >= 0.6 is 11.3 Å². The molecular weight excluding hydrogens is 451 g/mol. The Morgan fingerprint density at radius 3 is 2.50 bits per heavy atom. The van der Waals surface area contributed by atoms with E-state index in [1.807, 2.05) is 6.07 Å². The number of carbonyl (C=O) groups excluding carboxylic acids is 2. The van der Waals surface area contributed by atoms with E-state index >= 15 is 0 Å². The molecule has 0 bridgehead atoms. The number of nitrogens with one attached hydrogen (secondary N) is 2. The van der Waals surface area contributed by atoms with Crippen LogP contribution in [0, 0.1) is 5.82 Å². The summed E-state index contributed by atoms with van der Waals surface area (Å²) in [6, 6.07) is 16.0. The number of hydrogen-bond donors (Lipinski definition) is 2. The number of piperidine rings is 1. The standard InChI is InChI=1S/C26H27FN4O2S/c27-19-8-6-18(7-9-19)24(32)30-26-29-23-21(10-11-22(23)34-26)25(33)28-20-12-14-31(15-13-20)16-17-4-2-1-3-5-17/h1-9,20-21H,10-16H2,(H,28,33)(H,29,30,32). The van der Waals surface area contributed by atoms with Gasteiger partial charge in [0.1, 0.15) is 5.82 Å². The molecule has 2 heterocycles. The minimum absolute atomic E-state index is 0.0296. The minimum Gasteiger partial charge on any atom is -0.353 e. The maximum Gasteiger partial charge on any atom is 0.257 e. The molecule has 1 atom stereocenters. The van der Waals surface area contributed by atoms with E-state index in [4.69, 9.17) is 0 Å². The number of nitrogens with zero attached hydrogens (tertiary/aromatic N) is 2. The normalized spacial score (nSPS) is 18.4. The highest BCUT2D eigenvalue weighted by Gasteiger charge is 2.34. The Hall–Kier alpha value is -3.10. The molecular formula is C26H27FN4O2S. The van der Waals surface area contributed by atoms with Crippen molar-refractivity contribution < 1.29 is 14.0 Å². The summed E-state index contributed by atoms with van der Waals surface area (Å²) < 4.78 is 13.1. The Kier molecular flexibility index (Phi) is 6.69. The molecule has 176 valence electrons. The number of aromatic nitrogens is 1. The first kappa shape index (κ1) is 22.7. The molecule has 1 saturated heterocycles. The van der Waals surface area contributed by atoms with Crippen molar-refractivity contribution >= 4 is 28.3 Å². The highest BCUT2D eigenvalue weighted by Crippen LogP contribution is 2.38. The molecule has 1 aromatic heterocycles. The number of hydrogen-bond acceptors (Lipinski definition) is 5. The molecule has 1 unspecified atom stereocenters. The first-order valence-electron chi connectivity index (χ1n) is 11.7. The molecule has 34 heavy (non-hydrogen) atoms. The Balaban J connectivity index is 1.14. The number of rotatable bonds is 6. The van der Waals surface area contributed by atoms with Crippen LogP contribution in [0.2, 0.25) is 0 Å². The van der Waals surface area contributed by atoms with Gasteiger partial charge in [-0.2, -0.15) is 0 Å². The van der Waals surface area contributed by atoms with Crippen molar-refractivity contribution in [2.24, 2.45) is 0 Å². The number of benzene rings is 2. The molecule has 5 rings (SSSR count). The highest BCUT2D eigenvalue weighted by molar-refractivity contribution is 7.16. The molecule has 2 aromatic carbocycles. The third-order valence-corrected chi connectivity index (χ3v) is 7.59. The molecule has 0 radical (unpaired) electrons. The van der Waals surface area contributed by atoms with Crippen molar-refractivity contribution in [2.45, 2.75) is 44.2 Å². The smallest absolute Gasteiger partial charge is 0.257 e. The maximum absolute atomic E-state index is 13.1. The zero-order valence-corrected chi connectivity index (χ0v) is 19.6. The third kappa shape index (κ3) is 5.18. The van der Waals surface area contributed by atoms with Crippen LogP contribution in [0.25, 0.3) is 0 Å². The van der Waals surface area contributed by atoms with Gasteiger partial charge in [0, 0.05) is 36.1 Å². The zero-order chi connectivity index (χ0) is 23.5. The van der Waals surface area contributed by atoms with Gasteiger partial charge in [0.25, 0.3) is 5.91 Å². The first-order chi connectivity index (χ1) is 16.5. The van der Waals surface area contributed by atoms with E-state index < -0.39 is 0 Å². The van der Waals surface area contributed by atoms with Gasteiger partial charge in [0.2, 0.25) is 5.91 Å². The van der Waals surface area contributed by atoms with E-state index in [9.17, 15) is 14.0 Å². The average molecular weight is 479 g/mol. The number of amides is 2. The highest BCUT2D eigenvalue weighted by atomic mass is 32.1. The lowest BCUT2D eigenvalue weighted by Crippen LogP contribution is -2.45. The first-order valence-corrected chi connectivity index (χ1v) is 12.5. The predicted molar refractivity (Wildman–Crippen MR) is 130 cm³/mol. The second kappa shape index (κ2) is 10.0. The second-order valence-electron chi connectivity index (χ2n) is 8.92. The number of likely N-dealkylation sites (tertiary alicyclic amines) is 1. The molecule has 2 amide bonds. The van der Waals surface area contributed by atoms with Gasteiger partial charge in [-0.3, -0.25) is 19.8 Å². The summed E-state index contributed by atoms with van der Waals surface area (Å²) in [5.74, 6) is -0.969. The molecule has 1 aliphatic heterocycles. The molecule has 0 saturated carbocycles. The SMILES string of the molecule is O=C(Nc1nc2c(s1)CCC2C(=O)NC1CCN(Cc2ccccc2)CC1)c1ccc(F)cc1. The number of carbonyl (C=O) groups is 2. The fourth-order valence-electron chi connectivity index (χ4n) is 4.69. The topological polar surface area (TPSA) is 74.3 Å². The largest absolute Gasteiger partial charge is 0.353 e. The number of aryl methyl sites for hydroxylation is 1. The van der Waals surface area contributed by atoms with Crippen molar-refractivity contribution in [1.82, 2.24) is 15.2 Å². The van der Waals surface area contributed by atoms with Crippen molar-refractivity contribution in [3.63, 3.8) is 0 Å². The summed E-state index contributed by atoms with van der Waals surface area (Å²) >= 11 is 1.41. The van der Waals surface area contributed by atoms with Crippen LogP contribution in [0.1, 0.15) is 51.7 Å².